The molecule has 1 aromatic carbocycles. The van der Waals surface area contributed by atoms with Crippen LogP contribution in [0.25, 0.3) is 0 Å². The molecule has 0 aromatic heterocycles. The quantitative estimate of drug-likeness (QED) is 0.783. The highest BCUT2D eigenvalue weighted by molar-refractivity contribution is 9.10. The van der Waals surface area contributed by atoms with Gasteiger partial charge in [-0.1, -0.05) is 15.9 Å². The minimum atomic E-state index is 0.649. The molecule has 4 heteroatoms. The Bertz CT molecular complexity index is 298. The Hall–Kier alpha value is -0.580. The molecule has 0 atom stereocenters. The molecule has 0 bridgehead atoms. The zero-order valence-corrected chi connectivity index (χ0v) is 11.3. The van der Waals surface area contributed by atoms with E-state index in [0.717, 1.165) is 16.7 Å². The summed E-state index contributed by atoms with van der Waals surface area (Å²) < 4.78 is 11.3. The van der Waals surface area contributed by atoms with Gasteiger partial charge in [-0.3, -0.25) is 0 Å². The second kappa shape index (κ2) is 7.65. The first-order chi connectivity index (χ1) is 7.72. The van der Waals surface area contributed by atoms with Crippen LogP contribution in [-0.2, 0) is 9.47 Å². The molecular formula is C12H18BrNO2. The molecule has 0 unspecified atom stereocenters. The molecule has 90 valence electrons. The zero-order valence-electron chi connectivity index (χ0n) is 9.75. The number of ether oxygens (including phenoxy) is 2. The lowest BCUT2D eigenvalue weighted by molar-refractivity contribution is 0.0759. The normalized spacial score (nSPS) is 10.4. The van der Waals surface area contributed by atoms with E-state index in [1.54, 1.807) is 7.11 Å². The number of rotatable bonds is 7. The van der Waals surface area contributed by atoms with Crippen LogP contribution >= 0.6 is 15.9 Å². The van der Waals surface area contributed by atoms with Crippen LogP contribution in [0.2, 0.25) is 0 Å². The number of benzene rings is 1. The van der Waals surface area contributed by atoms with Gasteiger partial charge >= 0.3 is 0 Å². The molecule has 3 nitrogen and oxygen atoms in total. The first-order valence-corrected chi connectivity index (χ1v) is 6.09. The Balaban J connectivity index is 2.21. The van der Waals surface area contributed by atoms with Crippen molar-refractivity contribution in [1.82, 2.24) is 0 Å². The van der Waals surface area contributed by atoms with Crippen molar-refractivity contribution in [2.24, 2.45) is 0 Å². The summed E-state index contributed by atoms with van der Waals surface area (Å²) in [4.78, 5) is 0. The number of aryl methyl sites for hydroxylation is 1. The fourth-order valence-electron chi connectivity index (χ4n) is 1.35. The summed E-state index contributed by atoms with van der Waals surface area (Å²) in [5.41, 5.74) is 2.35. The van der Waals surface area contributed by atoms with Crippen LogP contribution in [0.3, 0.4) is 0 Å². The number of methoxy groups -OCH3 is 1. The molecule has 0 amide bonds. The second-order valence-corrected chi connectivity index (χ2v) is 4.46. The maximum atomic E-state index is 5.36. The standard InChI is InChI=1S/C12H18BrNO2/c1-10-7-11(13)9-12(8-10)14-3-4-16-6-5-15-2/h7-9,14H,3-6H2,1-2H3. The summed E-state index contributed by atoms with van der Waals surface area (Å²) in [6, 6.07) is 6.25. The van der Waals surface area contributed by atoms with E-state index in [9.17, 15) is 0 Å². The molecule has 0 aliphatic carbocycles. The SMILES string of the molecule is COCCOCCNc1cc(C)cc(Br)c1. The molecule has 0 fully saturated rings. The highest BCUT2D eigenvalue weighted by Crippen LogP contribution is 2.18. The van der Waals surface area contributed by atoms with Crippen LogP contribution in [0, 0.1) is 6.92 Å². The zero-order chi connectivity index (χ0) is 11.8. The summed E-state index contributed by atoms with van der Waals surface area (Å²) in [6.45, 7) is 4.87. The summed E-state index contributed by atoms with van der Waals surface area (Å²) in [6.07, 6.45) is 0. The number of nitrogens with one attached hydrogen (secondary N) is 1. The van der Waals surface area contributed by atoms with Crippen LogP contribution in [0.4, 0.5) is 5.69 Å². The largest absolute Gasteiger partial charge is 0.383 e. The van der Waals surface area contributed by atoms with Crippen molar-refractivity contribution in [1.29, 1.82) is 0 Å². The highest BCUT2D eigenvalue weighted by atomic mass is 79.9. The lowest BCUT2D eigenvalue weighted by atomic mass is 10.2. The topological polar surface area (TPSA) is 30.5 Å². The van der Waals surface area contributed by atoms with Crippen molar-refractivity contribution >= 4 is 21.6 Å². The minimum absolute atomic E-state index is 0.649. The van der Waals surface area contributed by atoms with Crippen LogP contribution < -0.4 is 5.32 Å². The molecule has 0 saturated heterocycles. The van der Waals surface area contributed by atoms with E-state index in [1.165, 1.54) is 5.56 Å². The van der Waals surface area contributed by atoms with Gasteiger partial charge in [-0.25, -0.2) is 0 Å². The molecule has 1 N–H and O–H groups in total. The van der Waals surface area contributed by atoms with E-state index in [0.29, 0.717) is 19.8 Å². The molecule has 0 spiro atoms. The predicted octanol–water partition coefficient (Wildman–Crippen LogP) is 2.83. The summed E-state index contributed by atoms with van der Waals surface area (Å²) >= 11 is 3.47. The van der Waals surface area contributed by atoms with Gasteiger partial charge in [0.1, 0.15) is 0 Å². The van der Waals surface area contributed by atoms with E-state index >= 15 is 0 Å². The van der Waals surface area contributed by atoms with E-state index in [4.69, 9.17) is 9.47 Å². The smallest absolute Gasteiger partial charge is 0.0701 e. The van der Waals surface area contributed by atoms with Gasteiger partial charge in [0.15, 0.2) is 0 Å². The maximum Gasteiger partial charge on any atom is 0.0701 e. The number of hydrogen-bond acceptors (Lipinski definition) is 3. The van der Waals surface area contributed by atoms with Crippen molar-refractivity contribution in [3.63, 3.8) is 0 Å². The Labute approximate surface area is 105 Å². The second-order valence-electron chi connectivity index (χ2n) is 3.55. The van der Waals surface area contributed by atoms with E-state index in [2.05, 4.69) is 46.4 Å². The van der Waals surface area contributed by atoms with Crippen LogP contribution in [0.1, 0.15) is 5.56 Å². The number of hydrogen-bond donors (Lipinski definition) is 1. The van der Waals surface area contributed by atoms with E-state index in [-0.39, 0.29) is 0 Å². The summed E-state index contributed by atoms with van der Waals surface area (Å²) in [5.74, 6) is 0. The first kappa shape index (κ1) is 13.5. The first-order valence-electron chi connectivity index (χ1n) is 5.30. The third-order valence-corrected chi connectivity index (χ3v) is 2.51. The van der Waals surface area contributed by atoms with Gasteiger partial charge in [-0.15, -0.1) is 0 Å². The maximum absolute atomic E-state index is 5.36. The van der Waals surface area contributed by atoms with Crippen molar-refractivity contribution in [3.05, 3.63) is 28.2 Å². The van der Waals surface area contributed by atoms with E-state index in [1.807, 2.05) is 0 Å². The summed E-state index contributed by atoms with van der Waals surface area (Å²) in [5, 5.41) is 3.31. The van der Waals surface area contributed by atoms with Gasteiger partial charge in [-0.05, 0) is 30.7 Å². The lowest BCUT2D eigenvalue weighted by Crippen LogP contribution is -2.11. The number of anilines is 1. The predicted molar refractivity (Wildman–Crippen MR) is 70.1 cm³/mol. The third kappa shape index (κ3) is 5.49. The van der Waals surface area contributed by atoms with E-state index < -0.39 is 0 Å². The Morgan fingerprint density at radius 3 is 2.69 bits per heavy atom. The molecule has 1 rings (SSSR count). The van der Waals surface area contributed by atoms with Crippen molar-refractivity contribution in [2.45, 2.75) is 6.92 Å². The van der Waals surface area contributed by atoms with Gasteiger partial charge in [-0.2, -0.15) is 0 Å². The molecule has 1 aromatic rings. The van der Waals surface area contributed by atoms with Gasteiger partial charge in [0.25, 0.3) is 0 Å². The van der Waals surface area contributed by atoms with Gasteiger partial charge < -0.3 is 14.8 Å². The van der Waals surface area contributed by atoms with Gasteiger partial charge in [0.2, 0.25) is 0 Å². The van der Waals surface area contributed by atoms with Crippen LogP contribution in [0.15, 0.2) is 22.7 Å². The average Bonchev–Trinajstić information content (AvgIpc) is 2.22. The fourth-order valence-corrected chi connectivity index (χ4v) is 1.96. The van der Waals surface area contributed by atoms with Crippen molar-refractivity contribution < 1.29 is 9.47 Å². The van der Waals surface area contributed by atoms with Gasteiger partial charge in [0, 0.05) is 23.8 Å². The van der Waals surface area contributed by atoms with Crippen molar-refractivity contribution in [3.8, 4) is 0 Å². The molecule has 0 aliphatic rings. The summed E-state index contributed by atoms with van der Waals surface area (Å²) in [7, 11) is 1.67. The van der Waals surface area contributed by atoms with Crippen LogP contribution in [-0.4, -0.2) is 33.5 Å². The molecule has 0 aliphatic heterocycles. The minimum Gasteiger partial charge on any atom is -0.383 e. The molecule has 0 heterocycles. The highest BCUT2D eigenvalue weighted by Gasteiger charge is 1.95. The average molecular weight is 288 g/mol. The van der Waals surface area contributed by atoms with Gasteiger partial charge in [0.05, 0.1) is 19.8 Å². The van der Waals surface area contributed by atoms with Crippen molar-refractivity contribution in [2.75, 3.05) is 38.8 Å². The van der Waals surface area contributed by atoms with Crippen LogP contribution in [0.5, 0.6) is 0 Å². The molecular weight excluding hydrogens is 270 g/mol. The molecule has 0 radical (unpaired) electrons. The number of halogens is 1. The molecule has 0 saturated carbocycles. The Morgan fingerprint density at radius 2 is 2.00 bits per heavy atom. The molecule has 16 heavy (non-hydrogen) atoms. The lowest BCUT2D eigenvalue weighted by Gasteiger charge is -2.08. The third-order valence-electron chi connectivity index (χ3n) is 2.05. The Morgan fingerprint density at radius 1 is 1.19 bits per heavy atom. The monoisotopic (exact) mass is 287 g/mol. The Kier molecular flexibility index (Phi) is 6.45. The fraction of sp³-hybridized carbons (Fsp3) is 0.500.